The summed E-state index contributed by atoms with van der Waals surface area (Å²) in [5, 5.41) is 8.89. The first-order valence-corrected chi connectivity index (χ1v) is 10.2. The van der Waals surface area contributed by atoms with Crippen LogP contribution in [-0.4, -0.2) is 37.2 Å². The Labute approximate surface area is 182 Å². The van der Waals surface area contributed by atoms with E-state index in [4.69, 9.17) is 19.5 Å². The Morgan fingerprint density at radius 1 is 1.19 bits per heavy atom. The summed E-state index contributed by atoms with van der Waals surface area (Å²) >= 11 is 0. The molecule has 3 rings (SSSR count). The number of methoxy groups -OCH3 is 1. The first-order chi connectivity index (χ1) is 14.9. The van der Waals surface area contributed by atoms with Crippen LogP contribution in [0.2, 0.25) is 0 Å². The molecule has 0 bridgehead atoms. The first kappa shape index (κ1) is 22.2. The van der Waals surface area contributed by atoms with Crippen molar-refractivity contribution in [1.82, 2.24) is 4.90 Å². The lowest BCUT2D eigenvalue weighted by atomic mass is 9.92. The molecule has 1 heterocycles. The van der Waals surface area contributed by atoms with Crippen molar-refractivity contribution in [1.29, 1.82) is 5.26 Å². The molecule has 0 saturated heterocycles. The molecule has 2 aromatic carbocycles. The Morgan fingerprint density at radius 3 is 2.58 bits per heavy atom. The van der Waals surface area contributed by atoms with Gasteiger partial charge < -0.3 is 14.2 Å². The Hall–Kier alpha value is -3.53. The summed E-state index contributed by atoms with van der Waals surface area (Å²) in [7, 11) is 1.31. The first-order valence-electron chi connectivity index (χ1n) is 10.2. The van der Waals surface area contributed by atoms with Gasteiger partial charge in [-0.25, -0.2) is 9.59 Å². The van der Waals surface area contributed by atoms with Crippen LogP contribution in [0, 0.1) is 17.2 Å². The fraction of sp³-hybridized carbons (Fsp3) is 0.375. The number of nitrogens with zero attached hydrogens (tertiary/aromatic N) is 2. The molecule has 0 fully saturated rings. The minimum atomic E-state index is -0.846. The maximum absolute atomic E-state index is 12.6. The van der Waals surface area contributed by atoms with E-state index in [-0.39, 0.29) is 12.5 Å². The van der Waals surface area contributed by atoms with Gasteiger partial charge in [-0.2, -0.15) is 5.26 Å². The number of nitriles is 1. The summed E-state index contributed by atoms with van der Waals surface area (Å²) in [4.78, 5) is 26.5. The molecule has 0 spiro atoms. The minimum Gasteiger partial charge on any atom is -0.489 e. The van der Waals surface area contributed by atoms with Gasteiger partial charge in [0, 0.05) is 6.54 Å². The lowest BCUT2D eigenvalue weighted by Gasteiger charge is -2.35. The zero-order valence-electron chi connectivity index (χ0n) is 18.0. The zero-order valence-corrected chi connectivity index (χ0v) is 18.0. The average Bonchev–Trinajstić information content (AvgIpc) is 2.80. The third kappa shape index (κ3) is 5.34. The molecule has 2 aromatic rings. The Kier molecular flexibility index (Phi) is 7.14. The third-order valence-electron chi connectivity index (χ3n) is 5.03. The predicted octanol–water partition coefficient (Wildman–Crippen LogP) is 4.00. The van der Waals surface area contributed by atoms with Crippen molar-refractivity contribution in [2.24, 2.45) is 5.92 Å². The quantitative estimate of drug-likeness (QED) is 0.654. The van der Waals surface area contributed by atoms with Crippen LogP contribution < -0.4 is 4.74 Å². The van der Waals surface area contributed by atoms with Crippen molar-refractivity contribution < 1.29 is 23.8 Å². The number of hydrogen-bond acceptors (Lipinski definition) is 6. The van der Waals surface area contributed by atoms with Crippen molar-refractivity contribution in [3.8, 4) is 11.8 Å². The zero-order chi connectivity index (χ0) is 22.4. The molecule has 1 atom stereocenters. The molecule has 7 nitrogen and oxygen atoms in total. The molecule has 1 aliphatic rings. The van der Waals surface area contributed by atoms with Gasteiger partial charge in [-0.05, 0) is 53.3 Å². The molecule has 1 unspecified atom stereocenters. The molecule has 0 aliphatic carbocycles. The van der Waals surface area contributed by atoms with Gasteiger partial charge in [0.15, 0.2) is 6.04 Å². The van der Waals surface area contributed by atoms with Crippen molar-refractivity contribution in [2.75, 3.05) is 20.3 Å². The fourth-order valence-corrected chi connectivity index (χ4v) is 3.42. The number of rotatable bonds is 6. The summed E-state index contributed by atoms with van der Waals surface area (Å²) < 4.78 is 16.2. The van der Waals surface area contributed by atoms with E-state index in [1.807, 2.05) is 32.0 Å². The van der Waals surface area contributed by atoms with Crippen LogP contribution in [0.5, 0.6) is 5.75 Å². The Bertz CT molecular complexity index is 978. The molecular weight excluding hydrogens is 396 g/mol. The van der Waals surface area contributed by atoms with Gasteiger partial charge in [-0.3, -0.25) is 4.90 Å². The van der Waals surface area contributed by atoms with E-state index < -0.39 is 18.1 Å². The fourth-order valence-electron chi connectivity index (χ4n) is 3.42. The maximum atomic E-state index is 12.6. The summed E-state index contributed by atoms with van der Waals surface area (Å²) in [5.74, 6) is 0.365. The lowest BCUT2D eigenvalue weighted by molar-refractivity contribution is -0.147. The number of carbonyl (C=O) groups is 2. The maximum Gasteiger partial charge on any atom is 0.410 e. The minimum absolute atomic E-state index is 0.202. The highest BCUT2D eigenvalue weighted by molar-refractivity contribution is 5.84. The van der Waals surface area contributed by atoms with Crippen molar-refractivity contribution in [2.45, 2.75) is 32.9 Å². The monoisotopic (exact) mass is 422 g/mol. The second-order valence-electron chi connectivity index (χ2n) is 7.80. The highest BCUT2D eigenvalue weighted by Crippen LogP contribution is 2.33. The summed E-state index contributed by atoms with van der Waals surface area (Å²) in [6.45, 7) is 4.91. The molecule has 7 heteroatoms. The van der Waals surface area contributed by atoms with E-state index in [2.05, 4.69) is 6.07 Å². The number of amides is 1. The van der Waals surface area contributed by atoms with Gasteiger partial charge in [0.25, 0.3) is 0 Å². The van der Waals surface area contributed by atoms with Crippen LogP contribution in [-0.2, 0) is 27.3 Å². The van der Waals surface area contributed by atoms with Gasteiger partial charge >= 0.3 is 12.1 Å². The number of ether oxygens (including phenoxy) is 3. The van der Waals surface area contributed by atoms with Crippen LogP contribution in [0.4, 0.5) is 4.79 Å². The lowest BCUT2D eigenvalue weighted by Crippen LogP contribution is -2.44. The van der Waals surface area contributed by atoms with Crippen molar-refractivity contribution in [3.63, 3.8) is 0 Å². The molecule has 1 amide bonds. The number of carbonyl (C=O) groups excluding carboxylic acids is 2. The van der Waals surface area contributed by atoms with Crippen LogP contribution in [0.1, 0.15) is 42.1 Å². The smallest absolute Gasteiger partial charge is 0.410 e. The number of benzene rings is 2. The second kappa shape index (κ2) is 9.98. The molecule has 0 aromatic heterocycles. The Morgan fingerprint density at radius 2 is 1.94 bits per heavy atom. The SMILES string of the molecule is COC(=O)C1c2ccc(OCc3ccc(C#N)cc3)cc2CCN1C(=O)OCC(C)C. The largest absolute Gasteiger partial charge is 0.489 e. The molecule has 1 aliphatic heterocycles. The van der Waals surface area contributed by atoms with Gasteiger partial charge in [-0.15, -0.1) is 0 Å². The molecular formula is C24H26N2O5. The van der Waals surface area contributed by atoms with Gasteiger partial charge in [0.05, 0.1) is 25.3 Å². The van der Waals surface area contributed by atoms with Crippen LogP contribution in [0.25, 0.3) is 0 Å². The molecule has 31 heavy (non-hydrogen) atoms. The highest BCUT2D eigenvalue weighted by Gasteiger charge is 2.37. The van der Waals surface area contributed by atoms with Crippen molar-refractivity contribution >= 4 is 12.1 Å². The van der Waals surface area contributed by atoms with E-state index in [0.717, 1.165) is 11.1 Å². The summed E-state index contributed by atoms with van der Waals surface area (Å²) in [6.07, 6.45) is 0.0594. The van der Waals surface area contributed by atoms with E-state index in [9.17, 15) is 9.59 Å². The molecule has 0 saturated carbocycles. The summed E-state index contributed by atoms with van der Waals surface area (Å²) in [5.41, 5.74) is 3.19. The Balaban J connectivity index is 1.76. The van der Waals surface area contributed by atoms with Crippen LogP contribution in [0.3, 0.4) is 0 Å². The topological polar surface area (TPSA) is 88.9 Å². The second-order valence-corrected chi connectivity index (χ2v) is 7.80. The van der Waals surface area contributed by atoms with Gasteiger partial charge in [0.1, 0.15) is 12.4 Å². The van der Waals surface area contributed by atoms with E-state index in [1.54, 1.807) is 24.3 Å². The standard InChI is InChI=1S/C24H26N2O5/c1-16(2)14-31-24(28)26-11-10-19-12-20(8-9-21(19)22(26)23(27)29-3)30-15-18-6-4-17(13-25)5-7-18/h4-9,12,16,22H,10-11,14-15H2,1-3H3. The molecule has 0 radical (unpaired) electrons. The van der Waals surface area contributed by atoms with Gasteiger partial charge in [0.2, 0.25) is 0 Å². The predicted molar refractivity (Wildman–Crippen MR) is 113 cm³/mol. The van der Waals surface area contributed by atoms with Crippen molar-refractivity contribution in [3.05, 3.63) is 64.7 Å². The van der Waals surface area contributed by atoms with Gasteiger partial charge in [-0.1, -0.05) is 32.0 Å². The van der Waals surface area contributed by atoms with E-state index >= 15 is 0 Å². The molecule has 0 N–H and O–H groups in total. The molecule has 162 valence electrons. The highest BCUT2D eigenvalue weighted by atomic mass is 16.6. The summed E-state index contributed by atoms with van der Waals surface area (Å²) in [6, 6.07) is 13.9. The normalized spacial score (nSPS) is 15.1. The third-order valence-corrected chi connectivity index (χ3v) is 5.03. The number of hydrogen-bond donors (Lipinski definition) is 0. The average molecular weight is 422 g/mol. The van der Waals surface area contributed by atoms with E-state index in [1.165, 1.54) is 12.0 Å². The number of fused-ring (bicyclic) bond motifs is 1. The van der Waals surface area contributed by atoms with Crippen LogP contribution in [0.15, 0.2) is 42.5 Å². The van der Waals surface area contributed by atoms with Crippen LogP contribution >= 0.6 is 0 Å². The number of esters is 1. The van der Waals surface area contributed by atoms with E-state index in [0.29, 0.717) is 36.4 Å².